The minimum absolute atomic E-state index is 0.354. The van der Waals surface area contributed by atoms with Crippen molar-refractivity contribution in [2.24, 2.45) is 0 Å². The van der Waals surface area contributed by atoms with Crippen LogP contribution in [0.25, 0.3) is 0 Å². The molecule has 172 valence electrons. The molecule has 0 aliphatic heterocycles. The summed E-state index contributed by atoms with van der Waals surface area (Å²) in [6.45, 7) is 0.337. The van der Waals surface area contributed by atoms with E-state index in [-0.39, 0.29) is 0 Å². The van der Waals surface area contributed by atoms with Gasteiger partial charge in [0.2, 0.25) is 10.0 Å². The molecule has 6 nitrogen and oxygen atoms in total. The zero-order valence-corrected chi connectivity index (χ0v) is 17.2. The maximum atomic E-state index is 12.8. The summed E-state index contributed by atoms with van der Waals surface area (Å²) < 4.78 is 132. The van der Waals surface area contributed by atoms with Gasteiger partial charge < -0.3 is 0 Å². The molecule has 1 unspecified atom stereocenters. The summed E-state index contributed by atoms with van der Waals surface area (Å²) >= 11 is 0. The van der Waals surface area contributed by atoms with Crippen molar-refractivity contribution < 1.29 is 47.4 Å². The van der Waals surface area contributed by atoms with Crippen molar-refractivity contribution in [3.63, 3.8) is 0 Å². The van der Waals surface area contributed by atoms with Crippen molar-refractivity contribution in [2.75, 3.05) is 6.61 Å². The van der Waals surface area contributed by atoms with Crippen LogP contribution < -0.4 is 4.72 Å². The van der Waals surface area contributed by atoms with Gasteiger partial charge in [0, 0.05) is 6.04 Å². The van der Waals surface area contributed by atoms with E-state index in [0.717, 1.165) is 31.2 Å². The highest BCUT2D eigenvalue weighted by Crippen LogP contribution is 2.31. The van der Waals surface area contributed by atoms with Crippen LogP contribution in [0.15, 0.2) is 58.3 Å². The van der Waals surface area contributed by atoms with E-state index in [1.54, 1.807) is 0 Å². The molecule has 14 heteroatoms. The Labute approximate surface area is 174 Å². The molecular weight excluding hydrogens is 476 g/mol. The second-order valence-electron chi connectivity index (χ2n) is 6.31. The molecule has 0 aliphatic carbocycles. The van der Waals surface area contributed by atoms with Gasteiger partial charge in [-0.1, -0.05) is 12.1 Å². The fourth-order valence-corrected chi connectivity index (χ4v) is 4.60. The van der Waals surface area contributed by atoms with Crippen LogP contribution in [0.2, 0.25) is 0 Å². The van der Waals surface area contributed by atoms with Crippen LogP contribution in [0.3, 0.4) is 0 Å². The summed E-state index contributed by atoms with van der Waals surface area (Å²) in [6, 6.07) is 4.35. The highest BCUT2D eigenvalue weighted by Gasteiger charge is 2.33. The molecule has 0 saturated carbocycles. The molecule has 2 aromatic rings. The number of rotatable bonds is 7. The van der Waals surface area contributed by atoms with Crippen LogP contribution in [-0.2, 0) is 36.7 Å². The fraction of sp³-hybridized carbons (Fsp3) is 0.294. The Morgan fingerprint density at radius 2 is 1.29 bits per heavy atom. The van der Waals surface area contributed by atoms with E-state index in [1.165, 1.54) is 0 Å². The summed E-state index contributed by atoms with van der Waals surface area (Å²) in [4.78, 5) is -1.51. The highest BCUT2D eigenvalue weighted by molar-refractivity contribution is 7.89. The normalized spacial score (nSPS) is 14.4. The van der Waals surface area contributed by atoms with Crippen molar-refractivity contribution in [1.29, 1.82) is 0 Å². The zero-order chi connectivity index (χ0) is 23.7. The van der Waals surface area contributed by atoms with Gasteiger partial charge in [0.25, 0.3) is 10.1 Å². The number of nitrogens with one attached hydrogen (secondary N) is 1. The van der Waals surface area contributed by atoms with Crippen molar-refractivity contribution in [1.82, 2.24) is 4.72 Å². The molecule has 0 saturated heterocycles. The Morgan fingerprint density at radius 1 is 0.839 bits per heavy atom. The lowest BCUT2D eigenvalue weighted by molar-refractivity contribution is -0.138. The molecule has 0 heterocycles. The first kappa shape index (κ1) is 25.1. The molecule has 0 amide bonds. The summed E-state index contributed by atoms with van der Waals surface area (Å²) in [5, 5.41) is 0. The summed E-state index contributed by atoms with van der Waals surface area (Å²) in [5.41, 5.74) is -2.43. The average Bonchev–Trinajstić information content (AvgIpc) is 2.65. The van der Waals surface area contributed by atoms with Crippen LogP contribution in [0.4, 0.5) is 26.3 Å². The van der Waals surface area contributed by atoms with Crippen LogP contribution >= 0.6 is 0 Å². The Kier molecular flexibility index (Phi) is 7.10. The number of sulfonamides is 1. The lowest BCUT2D eigenvalue weighted by atomic mass is 10.2. The van der Waals surface area contributed by atoms with E-state index < -0.39 is 66.1 Å². The lowest BCUT2D eigenvalue weighted by Gasteiger charge is -2.16. The quantitative estimate of drug-likeness (QED) is 0.470. The maximum absolute atomic E-state index is 12.8. The molecule has 2 rings (SSSR count). The first-order valence-corrected chi connectivity index (χ1v) is 11.2. The molecule has 1 N–H and O–H groups in total. The Balaban J connectivity index is 2.12. The van der Waals surface area contributed by atoms with E-state index in [9.17, 15) is 43.2 Å². The SMILES string of the molecule is CC(COS(=O)(=O)c1cccc(C(F)(F)F)c1)NS(=O)(=O)c1cccc(C(F)(F)F)c1. The zero-order valence-electron chi connectivity index (χ0n) is 15.5. The molecule has 2 aromatic carbocycles. The third-order valence-corrected chi connectivity index (χ3v) is 6.62. The largest absolute Gasteiger partial charge is 0.416 e. The van der Waals surface area contributed by atoms with Crippen LogP contribution in [-0.4, -0.2) is 29.5 Å². The predicted molar refractivity (Wildman–Crippen MR) is 95.8 cm³/mol. The van der Waals surface area contributed by atoms with E-state index in [0.29, 0.717) is 24.3 Å². The van der Waals surface area contributed by atoms with Gasteiger partial charge in [-0.3, -0.25) is 4.18 Å². The molecule has 31 heavy (non-hydrogen) atoms. The number of alkyl halides is 6. The standard InChI is InChI=1S/C17H15F6NO5S2/c1-11(24-30(25,26)14-6-2-4-12(8-14)16(18,19)20)10-29-31(27,28)15-7-3-5-13(9-15)17(21,22)23/h2-9,11,24H,10H2,1H3. The molecule has 0 spiro atoms. The third kappa shape index (κ3) is 6.66. The van der Waals surface area contributed by atoms with Gasteiger partial charge in [-0.25, -0.2) is 13.1 Å². The van der Waals surface area contributed by atoms with E-state index in [4.69, 9.17) is 0 Å². The Morgan fingerprint density at radius 3 is 1.77 bits per heavy atom. The third-order valence-electron chi connectivity index (χ3n) is 3.75. The van der Waals surface area contributed by atoms with Gasteiger partial charge in [-0.05, 0) is 43.3 Å². The van der Waals surface area contributed by atoms with Crippen LogP contribution in [0.1, 0.15) is 18.1 Å². The van der Waals surface area contributed by atoms with Gasteiger partial charge in [-0.2, -0.15) is 34.8 Å². The lowest BCUT2D eigenvalue weighted by Crippen LogP contribution is -2.36. The second-order valence-corrected chi connectivity index (χ2v) is 9.64. The molecule has 0 bridgehead atoms. The molecular formula is C17H15F6NO5S2. The van der Waals surface area contributed by atoms with Crippen LogP contribution in [0.5, 0.6) is 0 Å². The first-order chi connectivity index (χ1) is 14.0. The van der Waals surface area contributed by atoms with Gasteiger partial charge in [0.1, 0.15) is 0 Å². The molecule has 0 fully saturated rings. The summed E-state index contributed by atoms with van der Waals surface area (Å²) in [7, 11) is -9.14. The molecule has 0 aromatic heterocycles. The predicted octanol–water partition coefficient (Wildman–Crippen LogP) is 3.80. The maximum Gasteiger partial charge on any atom is 0.416 e. The minimum atomic E-state index is -4.79. The van der Waals surface area contributed by atoms with Gasteiger partial charge in [0.05, 0.1) is 27.5 Å². The fourth-order valence-electron chi connectivity index (χ4n) is 2.29. The van der Waals surface area contributed by atoms with Crippen LogP contribution in [0, 0.1) is 0 Å². The van der Waals surface area contributed by atoms with E-state index in [2.05, 4.69) is 4.18 Å². The number of hydrogen-bond acceptors (Lipinski definition) is 5. The second kappa shape index (κ2) is 8.76. The summed E-state index contributed by atoms with van der Waals surface area (Å²) in [6.07, 6.45) is -9.57. The van der Waals surface area contributed by atoms with Crippen molar-refractivity contribution in [3.8, 4) is 0 Å². The molecule has 1 atom stereocenters. The Bertz CT molecular complexity index is 1140. The average molecular weight is 491 g/mol. The van der Waals surface area contributed by atoms with Gasteiger partial charge >= 0.3 is 12.4 Å². The number of hydrogen-bond donors (Lipinski definition) is 1. The van der Waals surface area contributed by atoms with Gasteiger partial charge in [0.15, 0.2) is 0 Å². The molecule has 0 aliphatic rings. The minimum Gasteiger partial charge on any atom is -0.265 e. The van der Waals surface area contributed by atoms with E-state index in [1.807, 2.05) is 4.72 Å². The molecule has 0 radical (unpaired) electrons. The van der Waals surface area contributed by atoms with E-state index >= 15 is 0 Å². The monoisotopic (exact) mass is 491 g/mol. The highest BCUT2D eigenvalue weighted by atomic mass is 32.2. The number of halogens is 6. The summed E-state index contributed by atoms with van der Waals surface area (Å²) in [5.74, 6) is 0. The van der Waals surface area contributed by atoms with Crippen molar-refractivity contribution in [2.45, 2.75) is 35.1 Å². The first-order valence-electron chi connectivity index (χ1n) is 8.29. The Hall–Kier alpha value is -2.16. The topological polar surface area (TPSA) is 89.5 Å². The number of benzene rings is 2. The smallest absolute Gasteiger partial charge is 0.265 e. The van der Waals surface area contributed by atoms with Crippen molar-refractivity contribution >= 4 is 20.1 Å². The van der Waals surface area contributed by atoms with Crippen molar-refractivity contribution in [3.05, 3.63) is 59.7 Å². The van der Waals surface area contributed by atoms with Gasteiger partial charge in [-0.15, -0.1) is 0 Å².